The predicted octanol–water partition coefficient (Wildman–Crippen LogP) is 3.61. The summed E-state index contributed by atoms with van der Waals surface area (Å²) in [7, 11) is 1.69. The number of hydrogen-bond donors (Lipinski definition) is 1. The highest BCUT2D eigenvalue weighted by Gasteiger charge is 2.27. The number of nitrogens with one attached hydrogen (secondary N) is 1. The van der Waals surface area contributed by atoms with Crippen LogP contribution in [-0.4, -0.2) is 18.6 Å². The molecular weight excluding hydrogens is 268 g/mol. The van der Waals surface area contributed by atoms with Crippen LogP contribution in [0.1, 0.15) is 30.8 Å². The highest BCUT2D eigenvalue weighted by atomic mass is 32.1. The van der Waals surface area contributed by atoms with Crippen molar-refractivity contribution in [1.29, 1.82) is 0 Å². The second-order valence-corrected chi connectivity index (χ2v) is 5.94. The number of aromatic nitrogens is 1. The van der Waals surface area contributed by atoms with E-state index in [0.29, 0.717) is 0 Å². The molecule has 0 saturated heterocycles. The van der Waals surface area contributed by atoms with Crippen molar-refractivity contribution in [2.75, 3.05) is 13.7 Å². The van der Waals surface area contributed by atoms with Gasteiger partial charge in [-0.2, -0.15) is 0 Å². The van der Waals surface area contributed by atoms with Crippen molar-refractivity contribution in [2.45, 2.75) is 32.2 Å². The number of hydrogen-bond acceptors (Lipinski definition) is 4. The third kappa shape index (κ3) is 3.58. The minimum atomic E-state index is -0.0527. The maximum atomic E-state index is 5.19. The molecule has 0 aliphatic carbocycles. The van der Waals surface area contributed by atoms with E-state index >= 15 is 0 Å². The van der Waals surface area contributed by atoms with E-state index in [-0.39, 0.29) is 5.54 Å². The van der Waals surface area contributed by atoms with Crippen LogP contribution in [0.4, 0.5) is 0 Å². The van der Waals surface area contributed by atoms with Crippen LogP contribution in [0.5, 0.6) is 5.75 Å². The number of nitrogens with zero attached hydrogens (tertiary/aromatic N) is 1. The molecule has 1 aromatic heterocycles. The Morgan fingerprint density at radius 2 is 2.05 bits per heavy atom. The van der Waals surface area contributed by atoms with E-state index in [9.17, 15) is 0 Å². The topological polar surface area (TPSA) is 34.1 Å². The number of rotatable bonds is 7. The van der Waals surface area contributed by atoms with Crippen LogP contribution in [-0.2, 0) is 12.0 Å². The molecule has 0 bridgehead atoms. The molecule has 0 spiro atoms. The van der Waals surface area contributed by atoms with Crippen LogP contribution in [0.3, 0.4) is 0 Å². The van der Waals surface area contributed by atoms with Crippen molar-refractivity contribution in [3.8, 4) is 5.75 Å². The van der Waals surface area contributed by atoms with Gasteiger partial charge in [0.2, 0.25) is 0 Å². The van der Waals surface area contributed by atoms with Gasteiger partial charge in [0.15, 0.2) is 0 Å². The van der Waals surface area contributed by atoms with Gasteiger partial charge in [0, 0.05) is 11.6 Å². The molecule has 4 heteroatoms. The van der Waals surface area contributed by atoms with Crippen LogP contribution in [0.2, 0.25) is 0 Å². The fourth-order valence-electron chi connectivity index (χ4n) is 2.34. The standard InChI is InChI=1S/C16H22N2OS/c1-4-18-16(2,15-17-11-12-20-15)10-9-13-5-7-14(19-3)8-6-13/h5-8,11-12,18H,4,9-10H2,1-3H3. The molecule has 1 heterocycles. The summed E-state index contributed by atoms with van der Waals surface area (Å²) >= 11 is 1.72. The maximum Gasteiger partial charge on any atom is 0.118 e. The Morgan fingerprint density at radius 1 is 1.30 bits per heavy atom. The lowest BCUT2D eigenvalue weighted by Gasteiger charge is -2.28. The zero-order chi connectivity index (χ0) is 14.4. The van der Waals surface area contributed by atoms with E-state index in [1.54, 1.807) is 18.4 Å². The fraction of sp³-hybridized carbons (Fsp3) is 0.438. The minimum absolute atomic E-state index is 0.0527. The molecule has 3 nitrogen and oxygen atoms in total. The summed E-state index contributed by atoms with van der Waals surface area (Å²) in [4.78, 5) is 4.48. The lowest BCUT2D eigenvalue weighted by atomic mass is 9.93. The summed E-state index contributed by atoms with van der Waals surface area (Å²) in [5.41, 5.74) is 1.27. The number of thiazole rings is 1. The van der Waals surface area contributed by atoms with Crippen molar-refractivity contribution >= 4 is 11.3 Å². The Bertz CT molecular complexity index is 510. The normalized spacial score (nSPS) is 13.9. The Balaban J connectivity index is 2.05. The molecule has 1 atom stereocenters. The van der Waals surface area contributed by atoms with Crippen molar-refractivity contribution in [1.82, 2.24) is 10.3 Å². The second kappa shape index (κ2) is 6.86. The van der Waals surface area contributed by atoms with Crippen LogP contribution < -0.4 is 10.1 Å². The number of aryl methyl sites for hydroxylation is 1. The first-order valence-corrected chi connectivity index (χ1v) is 7.84. The van der Waals surface area contributed by atoms with E-state index in [1.165, 1.54) is 5.56 Å². The van der Waals surface area contributed by atoms with Crippen LogP contribution in [0.15, 0.2) is 35.8 Å². The highest BCUT2D eigenvalue weighted by Crippen LogP contribution is 2.28. The van der Waals surface area contributed by atoms with Crippen molar-refractivity contribution in [2.24, 2.45) is 0 Å². The van der Waals surface area contributed by atoms with Crippen LogP contribution >= 0.6 is 11.3 Å². The summed E-state index contributed by atoms with van der Waals surface area (Å²) in [6.45, 7) is 5.32. The molecule has 1 N–H and O–H groups in total. The van der Waals surface area contributed by atoms with Crippen molar-refractivity contribution in [3.63, 3.8) is 0 Å². The van der Waals surface area contributed by atoms with Crippen LogP contribution in [0, 0.1) is 0 Å². The van der Waals surface area contributed by atoms with Gasteiger partial charge in [-0.3, -0.25) is 0 Å². The smallest absolute Gasteiger partial charge is 0.118 e. The molecule has 108 valence electrons. The van der Waals surface area contributed by atoms with Gasteiger partial charge >= 0.3 is 0 Å². The Morgan fingerprint density at radius 3 is 2.60 bits per heavy atom. The van der Waals surface area contributed by atoms with Gasteiger partial charge in [0.25, 0.3) is 0 Å². The summed E-state index contributed by atoms with van der Waals surface area (Å²) in [5.74, 6) is 0.906. The highest BCUT2D eigenvalue weighted by molar-refractivity contribution is 7.09. The number of benzene rings is 1. The molecule has 0 aliphatic rings. The first-order chi connectivity index (χ1) is 9.68. The first-order valence-electron chi connectivity index (χ1n) is 6.96. The number of ether oxygens (including phenoxy) is 1. The fourth-order valence-corrected chi connectivity index (χ4v) is 3.15. The molecule has 0 amide bonds. The third-order valence-corrected chi connectivity index (χ3v) is 4.58. The Hall–Kier alpha value is -1.39. The van der Waals surface area contributed by atoms with Gasteiger partial charge < -0.3 is 10.1 Å². The molecular formula is C16H22N2OS. The number of methoxy groups -OCH3 is 1. The molecule has 1 unspecified atom stereocenters. The third-order valence-electron chi connectivity index (χ3n) is 3.54. The van der Waals surface area contributed by atoms with Gasteiger partial charge in [0.1, 0.15) is 10.8 Å². The zero-order valence-electron chi connectivity index (χ0n) is 12.3. The van der Waals surface area contributed by atoms with Crippen molar-refractivity contribution < 1.29 is 4.74 Å². The van der Waals surface area contributed by atoms with Gasteiger partial charge in [-0.1, -0.05) is 19.1 Å². The summed E-state index contributed by atoms with van der Waals surface area (Å²) in [6.07, 6.45) is 3.93. The maximum absolute atomic E-state index is 5.19. The molecule has 2 rings (SSSR count). The second-order valence-electron chi connectivity index (χ2n) is 5.05. The lowest BCUT2D eigenvalue weighted by molar-refractivity contribution is 0.347. The molecule has 20 heavy (non-hydrogen) atoms. The molecule has 0 fully saturated rings. The van der Waals surface area contributed by atoms with Gasteiger partial charge in [-0.05, 0) is 44.0 Å². The molecule has 0 radical (unpaired) electrons. The average Bonchev–Trinajstić information content (AvgIpc) is 3.01. The molecule has 0 saturated carbocycles. The Labute approximate surface area is 125 Å². The van der Waals surface area contributed by atoms with E-state index < -0.39 is 0 Å². The average molecular weight is 290 g/mol. The van der Waals surface area contributed by atoms with Gasteiger partial charge in [0.05, 0.1) is 12.6 Å². The largest absolute Gasteiger partial charge is 0.497 e. The SMILES string of the molecule is CCNC(C)(CCc1ccc(OC)cc1)c1nccs1. The zero-order valence-corrected chi connectivity index (χ0v) is 13.2. The minimum Gasteiger partial charge on any atom is -0.497 e. The predicted molar refractivity (Wildman–Crippen MR) is 84.5 cm³/mol. The Kier molecular flexibility index (Phi) is 5.15. The van der Waals surface area contributed by atoms with E-state index in [4.69, 9.17) is 4.74 Å². The van der Waals surface area contributed by atoms with Crippen LogP contribution in [0.25, 0.3) is 0 Å². The lowest BCUT2D eigenvalue weighted by Crippen LogP contribution is -2.39. The molecule has 2 aromatic rings. The summed E-state index contributed by atoms with van der Waals surface area (Å²) in [6, 6.07) is 8.30. The monoisotopic (exact) mass is 290 g/mol. The first kappa shape index (κ1) is 15.0. The summed E-state index contributed by atoms with van der Waals surface area (Å²) < 4.78 is 5.19. The van der Waals surface area contributed by atoms with E-state index in [1.807, 2.05) is 23.7 Å². The van der Waals surface area contributed by atoms with Gasteiger partial charge in [-0.25, -0.2) is 4.98 Å². The summed E-state index contributed by atoms with van der Waals surface area (Å²) in [5, 5.41) is 6.78. The van der Waals surface area contributed by atoms with E-state index in [2.05, 4.69) is 36.3 Å². The van der Waals surface area contributed by atoms with E-state index in [0.717, 1.165) is 30.1 Å². The van der Waals surface area contributed by atoms with Gasteiger partial charge in [-0.15, -0.1) is 11.3 Å². The quantitative estimate of drug-likeness (QED) is 0.846. The molecule has 1 aromatic carbocycles. The molecule has 0 aliphatic heterocycles. The van der Waals surface area contributed by atoms with Crippen molar-refractivity contribution in [3.05, 3.63) is 46.4 Å².